The average Bonchev–Trinajstić information content (AvgIpc) is 2.14. The number of aromatic amines is 1. The first-order valence-corrected chi connectivity index (χ1v) is 4.55. The van der Waals surface area contributed by atoms with Crippen molar-refractivity contribution in [3.8, 4) is 0 Å². The molecule has 5 heteroatoms. The lowest BCUT2D eigenvalue weighted by Gasteiger charge is -2.01. The van der Waals surface area contributed by atoms with Crippen LogP contribution in [-0.2, 0) is 0 Å². The first kappa shape index (κ1) is 9.33. The smallest absolute Gasteiger partial charge is 0.248 e. The second kappa shape index (κ2) is 3.16. The van der Waals surface area contributed by atoms with Gasteiger partial charge in [-0.3, -0.25) is 4.79 Å². The van der Waals surface area contributed by atoms with Crippen LogP contribution in [0.15, 0.2) is 27.5 Å². The van der Waals surface area contributed by atoms with Gasteiger partial charge in [0.25, 0.3) is 0 Å². The standard InChI is InChI=1S/C9H4BrF2NO/c10-8-5(11)3-6-4(9(8)12)1-2-7(14)13-6/h1-3H,(H,13,14). The van der Waals surface area contributed by atoms with Gasteiger partial charge >= 0.3 is 0 Å². The minimum Gasteiger partial charge on any atom is -0.322 e. The van der Waals surface area contributed by atoms with Crippen LogP contribution < -0.4 is 5.56 Å². The Morgan fingerprint density at radius 3 is 2.71 bits per heavy atom. The normalized spacial score (nSPS) is 10.8. The van der Waals surface area contributed by atoms with Crippen LogP contribution in [0.25, 0.3) is 10.9 Å². The van der Waals surface area contributed by atoms with Crippen molar-refractivity contribution in [2.45, 2.75) is 0 Å². The Morgan fingerprint density at radius 1 is 1.29 bits per heavy atom. The van der Waals surface area contributed by atoms with Crippen LogP contribution >= 0.6 is 15.9 Å². The van der Waals surface area contributed by atoms with Crippen molar-refractivity contribution in [3.63, 3.8) is 0 Å². The summed E-state index contributed by atoms with van der Waals surface area (Å²) in [5.41, 5.74) is -0.241. The lowest BCUT2D eigenvalue weighted by atomic mass is 10.2. The lowest BCUT2D eigenvalue weighted by molar-refractivity contribution is 0.580. The largest absolute Gasteiger partial charge is 0.322 e. The summed E-state index contributed by atoms with van der Waals surface area (Å²) in [6.45, 7) is 0. The second-order valence-corrected chi connectivity index (χ2v) is 3.56. The van der Waals surface area contributed by atoms with Gasteiger partial charge in [-0.05, 0) is 28.1 Å². The average molecular weight is 260 g/mol. The molecule has 0 amide bonds. The van der Waals surface area contributed by atoms with Crippen LogP contribution in [0.4, 0.5) is 8.78 Å². The Kier molecular flexibility index (Phi) is 2.11. The van der Waals surface area contributed by atoms with Crippen LogP contribution in [-0.4, -0.2) is 4.98 Å². The number of hydrogen-bond acceptors (Lipinski definition) is 1. The van der Waals surface area contributed by atoms with E-state index < -0.39 is 17.2 Å². The van der Waals surface area contributed by atoms with Gasteiger partial charge in [0, 0.05) is 11.5 Å². The van der Waals surface area contributed by atoms with E-state index in [2.05, 4.69) is 20.9 Å². The molecule has 0 saturated heterocycles. The van der Waals surface area contributed by atoms with E-state index in [1.807, 2.05) is 0 Å². The Morgan fingerprint density at radius 2 is 2.00 bits per heavy atom. The highest BCUT2D eigenvalue weighted by Gasteiger charge is 2.11. The third kappa shape index (κ3) is 1.33. The van der Waals surface area contributed by atoms with Crippen molar-refractivity contribution < 1.29 is 8.78 Å². The van der Waals surface area contributed by atoms with Gasteiger partial charge in [0.2, 0.25) is 5.56 Å². The van der Waals surface area contributed by atoms with Crippen molar-refractivity contribution >= 4 is 26.8 Å². The van der Waals surface area contributed by atoms with Crippen LogP contribution in [0.2, 0.25) is 0 Å². The monoisotopic (exact) mass is 259 g/mol. The van der Waals surface area contributed by atoms with Gasteiger partial charge in [-0.2, -0.15) is 0 Å². The van der Waals surface area contributed by atoms with Crippen molar-refractivity contribution in [1.29, 1.82) is 0 Å². The maximum absolute atomic E-state index is 13.4. The van der Waals surface area contributed by atoms with Crippen LogP contribution in [0.1, 0.15) is 0 Å². The van der Waals surface area contributed by atoms with Crippen LogP contribution in [0.3, 0.4) is 0 Å². The maximum Gasteiger partial charge on any atom is 0.248 e. The molecule has 0 aliphatic rings. The first-order chi connectivity index (χ1) is 6.59. The predicted octanol–water partition coefficient (Wildman–Crippen LogP) is 2.57. The number of hydrogen-bond donors (Lipinski definition) is 1. The van der Waals surface area contributed by atoms with Gasteiger partial charge in [-0.1, -0.05) is 0 Å². The van der Waals surface area contributed by atoms with Gasteiger partial charge < -0.3 is 4.98 Å². The fourth-order valence-corrected chi connectivity index (χ4v) is 1.54. The molecule has 0 saturated carbocycles. The van der Waals surface area contributed by atoms with Gasteiger partial charge in [0.1, 0.15) is 11.6 Å². The van der Waals surface area contributed by atoms with Gasteiger partial charge in [-0.15, -0.1) is 0 Å². The van der Waals surface area contributed by atoms with Gasteiger partial charge in [-0.25, -0.2) is 8.78 Å². The van der Waals surface area contributed by atoms with E-state index in [1.165, 1.54) is 12.1 Å². The molecular weight excluding hydrogens is 256 g/mol. The molecule has 0 atom stereocenters. The molecule has 0 radical (unpaired) electrons. The number of pyridine rings is 1. The maximum atomic E-state index is 13.4. The molecule has 1 heterocycles. The van der Waals surface area contributed by atoms with Gasteiger partial charge in [0.15, 0.2) is 0 Å². The highest BCUT2D eigenvalue weighted by Crippen LogP contribution is 2.25. The quantitative estimate of drug-likeness (QED) is 0.725. The molecule has 0 aliphatic heterocycles. The molecule has 0 bridgehead atoms. The summed E-state index contributed by atoms with van der Waals surface area (Å²) in [5, 5.41) is 0.179. The van der Waals surface area contributed by atoms with Gasteiger partial charge in [0.05, 0.1) is 9.99 Å². The lowest BCUT2D eigenvalue weighted by Crippen LogP contribution is -2.03. The zero-order valence-corrected chi connectivity index (χ0v) is 8.36. The number of H-pyrrole nitrogens is 1. The third-order valence-electron chi connectivity index (χ3n) is 1.86. The summed E-state index contributed by atoms with van der Waals surface area (Å²) < 4.78 is 26.2. The van der Waals surface area contributed by atoms with Crippen LogP contribution in [0.5, 0.6) is 0 Å². The highest BCUT2D eigenvalue weighted by molar-refractivity contribution is 9.10. The highest BCUT2D eigenvalue weighted by atomic mass is 79.9. The van der Waals surface area contributed by atoms with E-state index >= 15 is 0 Å². The molecule has 0 spiro atoms. The summed E-state index contributed by atoms with van der Waals surface area (Å²) in [7, 11) is 0. The van der Waals surface area contributed by atoms with Crippen molar-refractivity contribution in [3.05, 3.63) is 44.7 Å². The summed E-state index contributed by atoms with van der Waals surface area (Å²) in [5.74, 6) is -1.45. The Bertz CT molecular complexity index is 564. The van der Waals surface area contributed by atoms with E-state index in [0.29, 0.717) is 0 Å². The molecule has 14 heavy (non-hydrogen) atoms. The molecule has 2 nitrogen and oxygen atoms in total. The molecule has 72 valence electrons. The number of nitrogens with one attached hydrogen (secondary N) is 1. The summed E-state index contributed by atoms with van der Waals surface area (Å²) >= 11 is 2.78. The fourth-order valence-electron chi connectivity index (χ4n) is 1.21. The van der Waals surface area contributed by atoms with Crippen molar-refractivity contribution in [1.82, 2.24) is 4.98 Å². The van der Waals surface area contributed by atoms with Crippen LogP contribution in [0, 0.1) is 11.6 Å². The number of halogens is 3. The molecule has 1 aromatic heterocycles. The second-order valence-electron chi connectivity index (χ2n) is 2.77. The van der Waals surface area contributed by atoms with Crippen molar-refractivity contribution in [2.24, 2.45) is 0 Å². The minimum absolute atomic E-state index is 0.149. The molecule has 1 aromatic carbocycles. The topological polar surface area (TPSA) is 32.9 Å². The summed E-state index contributed by atoms with van der Waals surface area (Å²) in [6, 6.07) is 3.58. The van der Waals surface area contributed by atoms with E-state index in [4.69, 9.17) is 0 Å². The first-order valence-electron chi connectivity index (χ1n) is 3.76. The number of aromatic nitrogens is 1. The molecular formula is C9H4BrF2NO. The van der Waals surface area contributed by atoms with E-state index in [-0.39, 0.29) is 15.4 Å². The van der Waals surface area contributed by atoms with Crippen molar-refractivity contribution in [2.75, 3.05) is 0 Å². The molecule has 0 unspecified atom stereocenters. The zero-order chi connectivity index (χ0) is 10.3. The zero-order valence-electron chi connectivity index (χ0n) is 6.77. The Hall–Kier alpha value is -1.23. The molecule has 2 aromatic rings. The fraction of sp³-hybridized carbons (Fsp3) is 0. The summed E-state index contributed by atoms with van der Waals surface area (Å²) in [4.78, 5) is 13.2. The Balaban J connectivity index is 2.98. The van der Waals surface area contributed by atoms with E-state index in [1.54, 1.807) is 0 Å². The predicted molar refractivity (Wildman–Crippen MR) is 52.2 cm³/mol. The minimum atomic E-state index is -0.739. The molecule has 1 N–H and O–H groups in total. The van der Waals surface area contributed by atoms with E-state index in [9.17, 15) is 13.6 Å². The molecule has 0 aliphatic carbocycles. The number of rotatable bonds is 0. The molecule has 0 fully saturated rings. The number of benzene rings is 1. The summed E-state index contributed by atoms with van der Waals surface area (Å²) in [6.07, 6.45) is 0. The SMILES string of the molecule is O=c1ccc2c(F)c(Br)c(F)cc2[nH]1. The van der Waals surface area contributed by atoms with E-state index in [0.717, 1.165) is 6.07 Å². The Labute approximate surface area is 85.7 Å². The number of fused-ring (bicyclic) bond motifs is 1. The molecule has 2 rings (SSSR count). The third-order valence-corrected chi connectivity index (χ3v) is 2.59.